The van der Waals surface area contributed by atoms with Crippen LogP contribution in [-0.2, 0) is 0 Å². The van der Waals surface area contributed by atoms with Crippen LogP contribution in [0.1, 0.15) is 0 Å². The average Bonchev–Trinajstić information content (AvgIpc) is 2.21. The summed E-state index contributed by atoms with van der Waals surface area (Å²) in [5, 5.41) is 0. The van der Waals surface area contributed by atoms with E-state index in [0.29, 0.717) is 0 Å². The van der Waals surface area contributed by atoms with E-state index in [2.05, 4.69) is 48.5 Å². The first kappa shape index (κ1) is 19.9. The third-order valence-corrected chi connectivity index (χ3v) is 1.88. The van der Waals surface area contributed by atoms with E-state index in [4.69, 9.17) is 0 Å². The van der Waals surface area contributed by atoms with Crippen molar-refractivity contribution in [3.05, 3.63) is 90.4 Å². The van der Waals surface area contributed by atoms with Gasteiger partial charge in [-0.25, -0.2) is 0 Å². The first-order valence-electron chi connectivity index (χ1n) is 4.07. The van der Waals surface area contributed by atoms with E-state index in [9.17, 15) is 0 Å². The molecule has 16 heavy (non-hydrogen) atoms. The monoisotopic (exact) mass is 202 g/mol. The molecular weight excluding hydrogens is 192 g/mol. The van der Waals surface area contributed by atoms with Gasteiger partial charge in [0.2, 0.25) is 0 Å². The summed E-state index contributed by atoms with van der Waals surface area (Å²) in [6, 6.07) is 20.8. The molecule has 2 aromatic carbocycles. The zero-order chi connectivity index (χ0) is 8.23. The van der Waals surface area contributed by atoms with Gasteiger partial charge >= 0.3 is 0 Å². The van der Waals surface area contributed by atoms with E-state index in [1.54, 1.807) is 0 Å². The maximum Gasteiger partial charge on any atom is 0 e. The van der Waals surface area contributed by atoms with E-state index in [-0.39, 0.29) is 29.7 Å². The Morgan fingerprint density at radius 1 is 0.375 bits per heavy atom. The number of benzene rings is 2. The van der Waals surface area contributed by atoms with Gasteiger partial charge in [0.15, 0.2) is 0 Å². The second kappa shape index (κ2) is 9.97. The topological polar surface area (TPSA) is 0 Å². The summed E-state index contributed by atoms with van der Waals surface area (Å²) < 4.78 is 0. The molecule has 2 aromatic rings. The maximum atomic E-state index is 2.12. The zero-order valence-corrected chi connectivity index (χ0v) is 8.77. The minimum Gasteiger partial charge on any atom is -0.0622 e. The molecule has 0 nitrogen and oxygen atoms in total. The van der Waals surface area contributed by atoms with Crippen LogP contribution in [-0.4, -0.2) is 0 Å². The van der Waals surface area contributed by atoms with Crippen molar-refractivity contribution >= 4 is 0 Å². The molecule has 0 aromatic heterocycles. The van der Waals surface area contributed by atoms with Crippen molar-refractivity contribution < 1.29 is 0 Å². The molecule has 0 N–H and O–H groups in total. The van der Waals surface area contributed by atoms with Crippen LogP contribution < -0.4 is 0 Å². The van der Waals surface area contributed by atoms with Crippen molar-refractivity contribution in [1.29, 1.82) is 0 Å². The second-order valence-corrected chi connectivity index (χ2v) is 2.73. The van der Waals surface area contributed by atoms with Gasteiger partial charge in [-0.05, 0) is 11.1 Å². The molecule has 0 aliphatic rings. The summed E-state index contributed by atoms with van der Waals surface area (Å²) in [7, 11) is 0. The Labute approximate surface area is 102 Å². The molecule has 0 atom stereocenters. The van der Waals surface area contributed by atoms with Crippen molar-refractivity contribution in [2.75, 3.05) is 0 Å². The van der Waals surface area contributed by atoms with Crippen LogP contribution in [0.4, 0.5) is 0 Å². The molecule has 0 spiro atoms. The second-order valence-electron chi connectivity index (χ2n) is 2.73. The van der Waals surface area contributed by atoms with Gasteiger partial charge < -0.3 is 0 Å². The van der Waals surface area contributed by atoms with Gasteiger partial charge in [-0.2, -0.15) is 0 Å². The van der Waals surface area contributed by atoms with Crippen LogP contribution in [0.3, 0.4) is 0 Å². The van der Waals surface area contributed by atoms with Crippen molar-refractivity contribution in [2.24, 2.45) is 0 Å². The SMILES string of the molecule is [C].[C].[C].[C].c1ccc(-c2ccccc2)cc1. The first-order chi connectivity index (χ1) is 5.97. The highest BCUT2D eigenvalue weighted by atomic mass is 14.0. The summed E-state index contributed by atoms with van der Waals surface area (Å²) in [5.41, 5.74) is 2.55. The van der Waals surface area contributed by atoms with Crippen LogP contribution in [0.5, 0.6) is 0 Å². The summed E-state index contributed by atoms with van der Waals surface area (Å²) >= 11 is 0. The molecule has 0 unspecified atom stereocenters. The lowest BCUT2D eigenvalue weighted by Gasteiger charge is -1.98. The highest BCUT2D eigenvalue weighted by Crippen LogP contribution is 2.17. The normalized spacial score (nSPS) is 7.25. The molecule has 2 rings (SSSR count). The van der Waals surface area contributed by atoms with Gasteiger partial charge in [0.05, 0.1) is 0 Å². The lowest BCUT2D eigenvalue weighted by Crippen LogP contribution is -1.73. The lowest BCUT2D eigenvalue weighted by molar-refractivity contribution is 1.62. The first-order valence-corrected chi connectivity index (χ1v) is 4.07. The van der Waals surface area contributed by atoms with Gasteiger partial charge in [-0.3, -0.25) is 0 Å². The van der Waals surface area contributed by atoms with E-state index in [1.165, 1.54) is 11.1 Å². The van der Waals surface area contributed by atoms with Crippen LogP contribution >= 0.6 is 0 Å². The standard InChI is InChI=1S/C12H10.4C/c1-3-7-11(8-4-1)12-9-5-2-6-10-12;;;;/h1-10H;;;;. The Hall–Kier alpha value is -1.56. The highest BCUT2D eigenvalue weighted by molar-refractivity contribution is 5.62. The Bertz CT molecular complexity index is 297. The Morgan fingerprint density at radius 2 is 0.625 bits per heavy atom. The number of hydrogen-bond donors (Lipinski definition) is 0. The third-order valence-electron chi connectivity index (χ3n) is 1.88. The van der Waals surface area contributed by atoms with Crippen LogP contribution in [0.2, 0.25) is 0 Å². The summed E-state index contributed by atoms with van der Waals surface area (Å²) in [5.74, 6) is 0. The smallest absolute Gasteiger partial charge is 0 e. The molecular formula is C16H10. The largest absolute Gasteiger partial charge is 0.0622 e. The Morgan fingerprint density at radius 3 is 0.875 bits per heavy atom. The molecule has 0 amide bonds. The maximum absolute atomic E-state index is 2.12. The molecule has 0 heterocycles. The molecule has 74 valence electrons. The molecule has 16 radical (unpaired) electrons. The van der Waals surface area contributed by atoms with Gasteiger partial charge in [0.1, 0.15) is 0 Å². The van der Waals surface area contributed by atoms with E-state index >= 15 is 0 Å². The minimum atomic E-state index is 0. The predicted molar refractivity (Wildman–Crippen MR) is 64.9 cm³/mol. The fourth-order valence-corrected chi connectivity index (χ4v) is 1.26. The molecule has 0 fully saturated rings. The highest BCUT2D eigenvalue weighted by Gasteiger charge is 1.91. The van der Waals surface area contributed by atoms with Gasteiger partial charge in [-0.1, -0.05) is 60.7 Å². The summed E-state index contributed by atoms with van der Waals surface area (Å²) in [6.07, 6.45) is 0. The van der Waals surface area contributed by atoms with Crippen molar-refractivity contribution in [3.63, 3.8) is 0 Å². The Kier molecular flexibility index (Phi) is 12.4. The van der Waals surface area contributed by atoms with Crippen molar-refractivity contribution in [3.8, 4) is 11.1 Å². The molecule has 0 heteroatoms. The van der Waals surface area contributed by atoms with E-state index in [1.807, 2.05) is 12.1 Å². The molecule has 0 bridgehead atoms. The van der Waals surface area contributed by atoms with Crippen molar-refractivity contribution in [1.82, 2.24) is 0 Å². The molecule has 0 saturated heterocycles. The van der Waals surface area contributed by atoms with Gasteiger partial charge in [0.25, 0.3) is 0 Å². The summed E-state index contributed by atoms with van der Waals surface area (Å²) in [4.78, 5) is 0. The van der Waals surface area contributed by atoms with Crippen LogP contribution in [0.15, 0.2) is 60.7 Å². The molecule has 0 aliphatic heterocycles. The van der Waals surface area contributed by atoms with Crippen LogP contribution in [0, 0.1) is 29.7 Å². The van der Waals surface area contributed by atoms with Gasteiger partial charge in [-0.15, -0.1) is 0 Å². The predicted octanol–water partition coefficient (Wildman–Crippen LogP) is 3.68. The van der Waals surface area contributed by atoms with E-state index < -0.39 is 0 Å². The van der Waals surface area contributed by atoms with Crippen LogP contribution in [0.25, 0.3) is 11.1 Å². The lowest BCUT2D eigenvalue weighted by atomic mass is 10.1. The number of rotatable bonds is 1. The van der Waals surface area contributed by atoms with Crippen molar-refractivity contribution in [2.45, 2.75) is 0 Å². The van der Waals surface area contributed by atoms with Gasteiger partial charge in [0, 0.05) is 29.7 Å². The minimum absolute atomic E-state index is 0. The zero-order valence-electron chi connectivity index (χ0n) is 8.77. The quantitative estimate of drug-likeness (QED) is 0.661. The fourth-order valence-electron chi connectivity index (χ4n) is 1.26. The average molecular weight is 202 g/mol. The number of hydrogen-bond acceptors (Lipinski definition) is 0. The summed E-state index contributed by atoms with van der Waals surface area (Å²) in [6.45, 7) is 0. The van der Waals surface area contributed by atoms with E-state index in [0.717, 1.165) is 0 Å². The Balaban J connectivity index is -0.000000422. The molecule has 0 saturated carbocycles. The third kappa shape index (κ3) is 4.79. The molecule has 0 aliphatic carbocycles. The fraction of sp³-hybridized carbons (Fsp3) is 0.